The van der Waals surface area contributed by atoms with E-state index in [1.807, 2.05) is 18.2 Å². The Bertz CT molecular complexity index is 1050. The van der Waals surface area contributed by atoms with E-state index >= 15 is 0 Å². The maximum absolute atomic E-state index is 12.6. The van der Waals surface area contributed by atoms with Crippen molar-refractivity contribution in [2.75, 3.05) is 18.4 Å². The number of furan rings is 1. The Kier molecular flexibility index (Phi) is 6.64. The Morgan fingerprint density at radius 1 is 1.09 bits per heavy atom. The molecule has 0 spiro atoms. The lowest BCUT2D eigenvalue weighted by Gasteiger charge is -2.30. The number of carbonyl (C=O) groups is 3. The molecule has 4 rings (SSSR count). The molecule has 32 heavy (non-hydrogen) atoms. The van der Waals surface area contributed by atoms with Gasteiger partial charge in [-0.05, 0) is 48.7 Å². The van der Waals surface area contributed by atoms with Crippen LogP contribution in [0.1, 0.15) is 29.0 Å². The van der Waals surface area contributed by atoms with E-state index in [-0.39, 0.29) is 30.2 Å². The molecule has 1 saturated heterocycles. The summed E-state index contributed by atoms with van der Waals surface area (Å²) in [7, 11) is 0. The fourth-order valence-electron chi connectivity index (χ4n) is 3.74. The van der Waals surface area contributed by atoms with Gasteiger partial charge < -0.3 is 20.0 Å². The lowest BCUT2D eigenvalue weighted by Crippen LogP contribution is -2.42. The molecule has 3 amide bonds. The van der Waals surface area contributed by atoms with Gasteiger partial charge in [0.05, 0.1) is 6.26 Å². The summed E-state index contributed by atoms with van der Waals surface area (Å²) < 4.78 is 6.72. The van der Waals surface area contributed by atoms with Crippen molar-refractivity contribution in [1.29, 1.82) is 0 Å². The van der Waals surface area contributed by atoms with Gasteiger partial charge in [-0.15, -0.1) is 0 Å². The van der Waals surface area contributed by atoms with Crippen LogP contribution in [0, 0.1) is 5.92 Å². The van der Waals surface area contributed by atoms with Gasteiger partial charge in [-0.25, -0.2) is 0 Å². The number of hydrogen-bond donors (Lipinski definition) is 2. The number of anilines is 1. The van der Waals surface area contributed by atoms with Gasteiger partial charge in [-0.2, -0.15) is 5.10 Å². The first-order chi connectivity index (χ1) is 15.6. The second-order valence-corrected chi connectivity index (χ2v) is 7.71. The van der Waals surface area contributed by atoms with E-state index in [0.717, 1.165) is 5.56 Å². The highest BCUT2D eigenvalue weighted by atomic mass is 16.3. The predicted molar refractivity (Wildman–Crippen MR) is 116 cm³/mol. The maximum atomic E-state index is 12.6. The molecule has 166 valence electrons. The van der Waals surface area contributed by atoms with Crippen LogP contribution in [0.4, 0.5) is 5.69 Å². The van der Waals surface area contributed by atoms with E-state index < -0.39 is 0 Å². The molecule has 3 aromatic rings. The summed E-state index contributed by atoms with van der Waals surface area (Å²) in [6.45, 7) is 1.55. The number of rotatable bonds is 7. The van der Waals surface area contributed by atoms with Gasteiger partial charge >= 0.3 is 0 Å². The minimum absolute atomic E-state index is 0.0248. The molecule has 0 aliphatic carbocycles. The van der Waals surface area contributed by atoms with Crippen molar-refractivity contribution >= 4 is 23.4 Å². The standard InChI is InChI=1S/C23H25N5O4/c29-21(16-28-10-3-9-25-28)26-19-5-1-4-17(14-19)15-24-22(30)18-7-11-27(12-8-18)23(31)20-6-2-13-32-20/h1-6,9-10,13-14,18H,7-8,11-12,15-16H2,(H,24,30)(H,26,29). The van der Waals surface area contributed by atoms with E-state index in [1.54, 1.807) is 46.2 Å². The average molecular weight is 435 g/mol. The zero-order chi connectivity index (χ0) is 22.3. The molecule has 1 aromatic carbocycles. The highest BCUT2D eigenvalue weighted by Crippen LogP contribution is 2.20. The number of nitrogens with zero attached hydrogens (tertiary/aromatic N) is 3. The first-order valence-electron chi connectivity index (χ1n) is 10.6. The number of piperidine rings is 1. The second-order valence-electron chi connectivity index (χ2n) is 7.71. The summed E-state index contributed by atoms with van der Waals surface area (Å²) in [4.78, 5) is 38.8. The Balaban J connectivity index is 1.23. The first kappa shape index (κ1) is 21.4. The number of amides is 3. The van der Waals surface area contributed by atoms with Crippen LogP contribution in [-0.4, -0.2) is 45.5 Å². The first-order valence-corrected chi connectivity index (χ1v) is 10.6. The fourth-order valence-corrected chi connectivity index (χ4v) is 3.74. The normalized spacial score (nSPS) is 14.2. The largest absolute Gasteiger partial charge is 0.459 e. The van der Waals surface area contributed by atoms with Crippen LogP contribution in [-0.2, 0) is 22.7 Å². The number of likely N-dealkylation sites (tertiary alicyclic amines) is 1. The zero-order valence-corrected chi connectivity index (χ0v) is 17.6. The third kappa shape index (κ3) is 5.42. The van der Waals surface area contributed by atoms with Gasteiger partial charge in [0.2, 0.25) is 11.8 Å². The molecule has 9 heteroatoms. The van der Waals surface area contributed by atoms with Crippen LogP contribution in [0.5, 0.6) is 0 Å². The molecule has 1 fully saturated rings. The van der Waals surface area contributed by atoms with Crippen molar-refractivity contribution in [1.82, 2.24) is 20.0 Å². The van der Waals surface area contributed by atoms with Crippen molar-refractivity contribution in [3.63, 3.8) is 0 Å². The molecule has 0 saturated carbocycles. The molecule has 0 radical (unpaired) electrons. The third-order valence-corrected chi connectivity index (χ3v) is 5.43. The molecule has 3 heterocycles. The molecule has 0 bridgehead atoms. The Morgan fingerprint density at radius 3 is 2.66 bits per heavy atom. The van der Waals surface area contributed by atoms with Gasteiger partial charge in [0, 0.05) is 43.6 Å². The lowest BCUT2D eigenvalue weighted by atomic mass is 9.95. The van der Waals surface area contributed by atoms with E-state index in [9.17, 15) is 14.4 Å². The Morgan fingerprint density at radius 2 is 1.94 bits per heavy atom. The summed E-state index contributed by atoms with van der Waals surface area (Å²) in [5.74, 6) is -0.147. The van der Waals surface area contributed by atoms with Crippen LogP contribution in [0.15, 0.2) is 65.5 Å². The van der Waals surface area contributed by atoms with E-state index in [1.165, 1.54) is 6.26 Å². The third-order valence-electron chi connectivity index (χ3n) is 5.43. The smallest absolute Gasteiger partial charge is 0.289 e. The van der Waals surface area contributed by atoms with Crippen molar-refractivity contribution < 1.29 is 18.8 Å². The second kappa shape index (κ2) is 9.95. The van der Waals surface area contributed by atoms with Gasteiger partial charge in [0.25, 0.3) is 5.91 Å². The van der Waals surface area contributed by atoms with Crippen molar-refractivity contribution in [3.8, 4) is 0 Å². The highest BCUT2D eigenvalue weighted by molar-refractivity contribution is 5.92. The summed E-state index contributed by atoms with van der Waals surface area (Å²) in [5, 5.41) is 9.83. The Labute approximate surface area is 185 Å². The van der Waals surface area contributed by atoms with Gasteiger partial charge in [-0.3, -0.25) is 19.1 Å². The van der Waals surface area contributed by atoms with Crippen LogP contribution < -0.4 is 10.6 Å². The maximum Gasteiger partial charge on any atom is 0.289 e. The van der Waals surface area contributed by atoms with Crippen LogP contribution in [0.25, 0.3) is 0 Å². The number of carbonyl (C=O) groups excluding carboxylic acids is 3. The zero-order valence-electron chi connectivity index (χ0n) is 17.6. The number of aromatic nitrogens is 2. The van der Waals surface area contributed by atoms with E-state index in [0.29, 0.717) is 43.9 Å². The lowest BCUT2D eigenvalue weighted by molar-refractivity contribution is -0.126. The highest BCUT2D eigenvalue weighted by Gasteiger charge is 2.28. The van der Waals surface area contributed by atoms with E-state index in [4.69, 9.17) is 4.42 Å². The van der Waals surface area contributed by atoms with Crippen LogP contribution in [0.2, 0.25) is 0 Å². The number of hydrogen-bond acceptors (Lipinski definition) is 5. The molecular weight excluding hydrogens is 410 g/mol. The minimum atomic E-state index is -0.175. The van der Waals surface area contributed by atoms with Gasteiger partial charge in [0.15, 0.2) is 5.76 Å². The molecular formula is C23H25N5O4. The minimum Gasteiger partial charge on any atom is -0.459 e. The topological polar surface area (TPSA) is 109 Å². The summed E-state index contributed by atoms with van der Waals surface area (Å²) in [6, 6.07) is 12.5. The van der Waals surface area contributed by atoms with Gasteiger partial charge in [-0.1, -0.05) is 12.1 Å². The molecule has 9 nitrogen and oxygen atoms in total. The monoisotopic (exact) mass is 435 g/mol. The number of nitrogens with one attached hydrogen (secondary N) is 2. The van der Waals surface area contributed by atoms with Crippen molar-refractivity contribution in [3.05, 3.63) is 72.4 Å². The van der Waals surface area contributed by atoms with Crippen molar-refractivity contribution in [2.45, 2.75) is 25.9 Å². The molecule has 0 atom stereocenters. The Hall–Kier alpha value is -3.88. The predicted octanol–water partition coefficient (Wildman–Crippen LogP) is 2.28. The van der Waals surface area contributed by atoms with Gasteiger partial charge in [0.1, 0.15) is 6.54 Å². The summed E-state index contributed by atoms with van der Waals surface area (Å²) >= 11 is 0. The summed E-state index contributed by atoms with van der Waals surface area (Å²) in [6.07, 6.45) is 6.05. The quantitative estimate of drug-likeness (QED) is 0.592. The van der Waals surface area contributed by atoms with Crippen LogP contribution in [0.3, 0.4) is 0 Å². The molecule has 1 aliphatic rings. The number of benzene rings is 1. The molecule has 2 aromatic heterocycles. The van der Waals surface area contributed by atoms with Crippen molar-refractivity contribution in [2.24, 2.45) is 5.92 Å². The SMILES string of the molecule is O=C(Cn1cccn1)Nc1cccc(CNC(=O)C2CCN(C(=O)c3ccco3)CC2)c1. The summed E-state index contributed by atoms with van der Waals surface area (Å²) in [5.41, 5.74) is 1.55. The van der Waals surface area contributed by atoms with Crippen LogP contribution >= 0.6 is 0 Å². The molecule has 0 unspecified atom stereocenters. The average Bonchev–Trinajstić information content (AvgIpc) is 3.52. The molecule has 2 N–H and O–H groups in total. The van der Waals surface area contributed by atoms with E-state index in [2.05, 4.69) is 15.7 Å². The molecule has 1 aliphatic heterocycles. The fraction of sp³-hybridized carbons (Fsp3) is 0.304.